The van der Waals surface area contributed by atoms with Gasteiger partial charge < -0.3 is 15.7 Å². The summed E-state index contributed by atoms with van der Waals surface area (Å²) in [5.41, 5.74) is 1.07. The summed E-state index contributed by atoms with van der Waals surface area (Å²) in [6.45, 7) is 1.71. The summed E-state index contributed by atoms with van der Waals surface area (Å²) >= 11 is 6.81. The van der Waals surface area contributed by atoms with Crippen LogP contribution in [-0.4, -0.2) is 23.5 Å². The molecule has 1 aliphatic carbocycles. The van der Waals surface area contributed by atoms with Gasteiger partial charge in [-0.25, -0.2) is 4.39 Å². The molecule has 0 radical (unpaired) electrons. The van der Waals surface area contributed by atoms with Gasteiger partial charge in [0.15, 0.2) is 0 Å². The van der Waals surface area contributed by atoms with Crippen LogP contribution in [0, 0.1) is 18.7 Å². The number of hydrogen-bond donors (Lipinski definition) is 3. The lowest BCUT2D eigenvalue weighted by atomic mass is 10.1. The average molecular weight is 397 g/mol. The van der Waals surface area contributed by atoms with Gasteiger partial charge in [-0.05, 0) is 49.1 Å². The highest BCUT2D eigenvalue weighted by Crippen LogP contribution is 2.32. The molecule has 26 heavy (non-hydrogen) atoms. The van der Waals surface area contributed by atoms with Gasteiger partial charge in [0.1, 0.15) is 5.82 Å². The first kappa shape index (κ1) is 18.8. The number of carbonyl (C=O) groups is 2. The quantitative estimate of drug-likeness (QED) is 0.697. The highest BCUT2D eigenvalue weighted by molar-refractivity contribution is 7.18. The molecular weight excluding hydrogens is 379 g/mol. The molecular formula is C18H18ClFN2O3S. The van der Waals surface area contributed by atoms with Crippen molar-refractivity contribution in [2.45, 2.75) is 25.9 Å². The number of rotatable bonds is 6. The molecule has 0 aliphatic heterocycles. The predicted octanol–water partition coefficient (Wildman–Crippen LogP) is 3.66. The van der Waals surface area contributed by atoms with Gasteiger partial charge in [-0.1, -0.05) is 17.7 Å². The summed E-state index contributed by atoms with van der Waals surface area (Å²) in [6.07, 6.45) is 0.763. The number of aliphatic hydroxyl groups is 1. The number of carbonyl (C=O) groups excluding carboxylic acids is 2. The lowest BCUT2D eigenvalue weighted by Crippen LogP contribution is -2.28. The van der Waals surface area contributed by atoms with Crippen molar-refractivity contribution in [3.05, 3.63) is 51.1 Å². The lowest BCUT2D eigenvalue weighted by molar-refractivity contribution is -0.117. The van der Waals surface area contributed by atoms with Gasteiger partial charge in [0, 0.05) is 12.5 Å². The lowest BCUT2D eigenvalue weighted by Gasteiger charge is -2.12. The van der Waals surface area contributed by atoms with Crippen molar-refractivity contribution >= 4 is 39.8 Å². The minimum atomic E-state index is -1.06. The Bertz CT molecular complexity index is 851. The van der Waals surface area contributed by atoms with Gasteiger partial charge >= 0.3 is 0 Å². The number of hydrogen-bond acceptors (Lipinski definition) is 4. The van der Waals surface area contributed by atoms with E-state index in [9.17, 15) is 19.1 Å². The van der Waals surface area contributed by atoms with E-state index in [1.165, 1.54) is 23.5 Å². The summed E-state index contributed by atoms with van der Waals surface area (Å²) in [4.78, 5) is 24.6. The van der Waals surface area contributed by atoms with E-state index in [1.54, 1.807) is 13.0 Å². The number of benzene rings is 1. The van der Waals surface area contributed by atoms with Gasteiger partial charge in [0.2, 0.25) is 5.91 Å². The Morgan fingerprint density at radius 3 is 2.77 bits per heavy atom. The Balaban J connectivity index is 1.59. The maximum atomic E-state index is 13.5. The third-order valence-corrected chi connectivity index (χ3v) is 5.56. The second-order valence-electron chi connectivity index (χ2n) is 6.29. The van der Waals surface area contributed by atoms with E-state index in [0.717, 1.165) is 24.5 Å². The number of nitrogens with one attached hydrogen (secondary N) is 2. The molecule has 1 aliphatic rings. The zero-order valence-electron chi connectivity index (χ0n) is 14.0. The van der Waals surface area contributed by atoms with E-state index in [0.29, 0.717) is 15.4 Å². The van der Waals surface area contributed by atoms with E-state index in [4.69, 9.17) is 11.6 Å². The van der Waals surface area contributed by atoms with Crippen LogP contribution in [0.1, 0.15) is 39.7 Å². The van der Waals surface area contributed by atoms with E-state index in [-0.39, 0.29) is 29.3 Å². The molecule has 1 aromatic carbocycles. The molecule has 1 atom stereocenters. The fraction of sp³-hybridized carbons (Fsp3) is 0.333. The van der Waals surface area contributed by atoms with Crippen LogP contribution in [0.2, 0.25) is 5.02 Å². The average Bonchev–Trinajstić information content (AvgIpc) is 3.39. The third-order valence-electron chi connectivity index (χ3n) is 4.10. The van der Waals surface area contributed by atoms with Crippen LogP contribution >= 0.6 is 22.9 Å². The van der Waals surface area contributed by atoms with Crippen LogP contribution in [0.15, 0.2) is 24.3 Å². The van der Waals surface area contributed by atoms with Crippen molar-refractivity contribution in [1.29, 1.82) is 0 Å². The highest BCUT2D eigenvalue weighted by atomic mass is 35.5. The molecule has 2 amide bonds. The number of halogens is 2. The van der Waals surface area contributed by atoms with Crippen LogP contribution in [-0.2, 0) is 4.79 Å². The van der Waals surface area contributed by atoms with Crippen molar-refractivity contribution in [3.63, 3.8) is 0 Å². The minimum Gasteiger partial charge on any atom is -0.387 e. The van der Waals surface area contributed by atoms with Crippen molar-refractivity contribution in [2.75, 3.05) is 11.9 Å². The zero-order valence-corrected chi connectivity index (χ0v) is 15.6. The summed E-state index contributed by atoms with van der Waals surface area (Å²) < 4.78 is 13.5. The van der Waals surface area contributed by atoms with Gasteiger partial charge in [-0.15, -0.1) is 11.3 Å². The Labute approximate surface area is 159 Å². The summed E-state index contributed by atoms with van der Waals surface area (Å²) in [6, 6.07) is 5.76. The van der Waals surface area contributed by atoms with Crippen molar-refractivity contribution < 1.29 is 19.1 Å². The fourth-order valence-electron chi connectivity index (χ4n) is 2.45. The molecule has 3 rings (SSSR count). The van der Waals surface area contributed by atoms with Crippen LogP contribution in [0.3, 0.4) is 0 Å². The fourth-order valence-corrected chi connectivity index (χ4v) is 3.55. The van der Waals surface area contributed by atoms with Gasteiger partial charge in [-0.2, -0.15) is 0 Å². The number of amides is 2. The highest BCUT2D eigenvalue weighted by Gasteiger charge is 2.30. The minimum absolute atomic E-state index is 0.0154. The molecule has 3 N–H and O–H groups in total. The Hall–Kier alpha value is -1.96. The number of anilines is 1. The number of thiophene rings is 1. The molecule has 2 aromatic rings. The summed E-state index contributed by atoms with van der Waals surface area (Å²) in [5, 5.41) is 16.2. The van der Waals surface area contributed by atoms with E-state index < -0.39 is 11.9 Å². The van der Waals surface area contributed by atoms with Crippen LogP contribution in [0.4, 0.5) is 9.39 Å². The van der Waals surface area contributed by atoms with Crippen molar-refractivity contribution in [1.82, 2.24) is 5.32 Å². The zero-order chi connectivity index (χ0) is 18.8. The molecule has 1 heterocycles. The first-order chi connectivity index (χ1) is 12.3. The first-order valence-corrected chi connectivity index (χ1v) is 9.37. The molecule has 1 saturated carbocycles. The van der Waals surface area contributed by atoms with Gasteiger partial charge in [0.05, 0.1) is 21.0 Å². The smallest absolute Gasteiger partial charge is 0.261 e. The maximum absolute atomic E-state index is 13.5. The largest absolute Gasteiger partial charge is 0.387 e. The number of aryl methyl sites for hydroxylation is 1. The van der Waals surface area contributed by atoms with Crippen LogP contribution < -0.4 is 10.6 Å². The molecule has 0 bridgehead atoms. The molecule has 5 nitrogen and oxygen atoms in total. The Kier molecular flexibility index (Phi) is 5.60. The van der Waals surface area contributed by atoms with Crippen molar-refractivity contribution in [3.8, 4) is 0 Å². The van der Waals surface area contributed by atoms with Crippen molar-refractivity contribution in [2.24, 2.45) is 5.92 Å². The topological polar surface area (TPSA) is 78.4 Å². The molecule has 8 heteroatoms. The Morgan fingerprint density at radius 2 is 2.12 bits per heavy atom. The first-order valence-electron chi connectivity index (χ1n) is 8.17. The molecule has 1 fully saturated rings. The molecule has 0 spiro atoms. The van der Waals surface area contributed by atoms with E-state index in [1.807, 2.05) is 0 Å². The third kappa shape index (κ3) is 4.41. The number of aliphatic hydroxyl groups excluding tert-OH is 1. The molecule has 1 aromatic heterocycles. The van der Waals surface area contributed by atoms with E-state index in [2.05, 4.69) is 10.6 Å². The van der Waals surface area contributed by atoms with Gasteiger partial charge in [-0.3, -0.25) is 9.59 Å². The SMILES string of the molecule is Cc1cc(NC(=O)C2CC2)sc1C(=O)NC[C@@H](O)c1ccc(Cl)c(F)c1. The standard InChI is InChI=1S/C18H18ClFN2O3S/c1-9-6-15(22-17(24)10-2-3-10)26-16(9)18(25)21-8-14(23)11-4-5-12(19)13(20)7-11/h4-7,10,14,23H,2-3,8H2,1H3,(H,21,25)(H,22,24)/t14-/m1/s1. The normalized spacial score (nSPS) is 14.8. The molecule has 138 valence electrons. The maximum Gasteiger partial charge on any atom is 0.261 e. The van der Waals surface area contributed by atoms with Gasteiger partial charge in [0.25, 0.3) is 5.91 Å². The van der Waals surface area contributed by atoms with E-state index >= 15 is 0 Å². The summed E-state index contributed by atoms with van der Waals surface area (Å²) in [7, 11) is 0. The Morgan fingerprint density at radius 1 is 1.38 bits per heavy atom. The molecule has 0 unspecified atom stereocenters. The second-order valence-corrected chi connectivity index (χ2v) is 7.75. The predicted molar refractivity (Wildman–Crippen MR) is 99.1 cm³/mol. The summed E-state index contributed by atoms with van der Waals surface area (Å²) in [5.74, 6) is -0.907. The molecule has 0 saturated heterocycles. The monoisotopic (exact) mass is 396 g/mol. The van der Waals surface area contributed by atoms with Crippen LogP contribution in [0.25, 0.3) is 0 Å². The second kappa shape index (κ2) is 7.73. The van der Waals surface area contributed by atoms with Crippen LogP contribution in [0.5, 0.6) is 0 Å².